The number of ether oxygens (including phenoxy) is 1. The van der Waals surface area contributed by atoms with Crippen LogP contribution in [0.2, 0.25) is 0 Å². The van der Waals surface area contributed by atoms with Gasteiger partial charge in [-0.25, -0.2) is 9.97 Å². The van der Waals surface area contributed by atoms with E-state index in [2.05, 4.69) is 19.8 Å². The molecule has 1 aromatic heterocycles. The summed E-state index contributed by atoms with van der Waals surface area (Å²) in [5.41, 5.74) is 6.18. The van der Waals surface area contributed by atoms with E-state index in [1.807, 2.05) is 12.3 Å². The van der Waals surface area contributed by atoms with Crippen molar-refractivity contribution < 1.29 is 9.53 Å². The lowest BCUT2D eigenvalue weighted by atomic mass is 9.72. The molecule has 4 heterocycles. The van der Waals surface area contributed by atoms with E-state index in [0.29, 0.717) is 18.1 Å². The second kappa shape index (κ2) is 7.83. The number of piperidine rings is 2. The molecule has 0 saturated carbocycles. The van der Waals surface area contributed by atoms with Gasteiger partial charge in [0.05, 0.1) is 6.10 Å². The molecule has 3 saturated heterocycles. The van der Waals surface area contributed by atoms with Gasteiger partial charge in [-0.3, -0.25) is 4.79 Å². The molecule has 1 amide bonds. The highest BCUT2D eigenvalue weighted by molar-refractivity contribution is 7.98. The molecule has 2 N–H and O–H groups in total. The van der Waals surface area contributed by atoms with Gasteiger partial charge < -0.3 is 20.3 Å². The summed E-state index contributed by atoms with van der Waals surface area (Å²) < 4.78 is 5.76. The van der Waals surface area contributed by atoms with Gasteiger partial charge in [0, 0.05) is 45.3 Å². The molecule has 1 spiro atoms. The lowest BCUT2D eigenvalue weighted by molar-refractivity contribution is -0.140. The number of carbonyl (C=O) groups is 1. The monoisotopic (exact) mass is 391 g/mol. The molecule has 0 bridgehead atoms. The summed E-state index contributed by atoms with van der Waals surface area (Å²) in [7, 11) is 0. The molecule has 1 unspecified atom stereocenters. The van der Waals surface area contributed by atoms with Crippen molar-refractivity contribution in [3.63, 3.8) is 0 Å². The maximum Gasteiger partial charge on any atom is 0.222 e. The molecule has 1 atom stereocenters. The van der Waals surface area contributed by atoms with Crippen molar-refractivity contribution in [2.45, 2.75) is 49.8 Å². The third-order valence-corrected chi connectivity index (χ3v) is 6.79. The minimum Gasteiger partial charge on any atom is -0.383 e. The lowest BCUT2D eigenvalue weighted by Gasteiger charge is -2.48. The van der Waals surface area contributed by atoms with Crippen LogP contribution < -0.4 is 10.6 Å². The van der Waals surface area contributed by atoms with E-state index in [1.54, 1.807) is 0 Å². The van der Waals surface area contributed by atoms with Gasteiger partial charge in [-0.05, 0) is 43.8 Å². The van der Waals surface area contributed by atoms with E-state index in [0.717, 1.165) is 75.9 Å². The fourth-order valence-electron chi connectivity index (χ4n) is 4.60. The van der Waals surface area contributed by atoms with Gasteiger partial charge in [0.25, 0.3) is 0 Å². The Balaban J connectivity index is 1.40. The maximum atomic E-state index is 12.4. The summed E-state index contributed by atoms with van der Waals surface area (Å²) in [5, 5.41) is 0.719. The molecule has 7 nitrogen and oxygen atoms in total. The number of thioether (sulfide) groups is 1. The molecule has 4 rings (SSSR count). The first-order valence-electron chi connectivity index (χ1n) is 9.90. The van der Waals surface area contributed by atoms with Gasteiger partial charge in [-0.1, -0.05) is 11.8 Å². The number of anilines is 2. The molecule has 27 heavy (non-hydrogen) atoms. The molecule has 3 aliphatic rings. The SMILES string of the molecule is CSc1nc(N)cc(N2CCC3(CCC(=O)N(CC4CCCO4)C3)CC2)n1. The van der Waals surface area contributed by atoms with Gasteiger partial charge in [-0.2, -0.15) is 0 Å². The van der Waals surface area contributed by atoms with Crippen molar-refractivity contribution in [2.75, 3.05) is 49.7 Å². The first kappa shape index (κ1) is 18.8. The average molecular weight is 392 g/mol. The first-order chi connectivity index (χ1) is 13.1. The van der Waals surface area contributed by atoms with Crippen LogP contribution in [-0.4, -0.2) is 65.9 Å². The van der Waals surface area contributed by atoms with Crippen LogP contribution in [-0.2, 0) is 9.53 Å². The molecule has 0 radical (unpaired) electrons. The fourth-order valence-corrected chi connectivity index (χ4v) is 4.99. The Morgan fingerprint density at radius 3 is 2.85 bits per heavy atom. The van der Waals surface area contributed by atoms with Crippen LogP contribution in [0.4, 0.5) is 11.6 Å². The third kappa shape index (κ3) is 4.16. The number of rotatable bonds is 4. The fraction of sp³-hybridized carbons (Fsp3) is 0.737. The molecule has 148 valence electrons. The quantitative estimate of drug-likeness (QED) is 0.622. The van der Waals surface area contributed by atoms with E-state index in [9.17, 15) is 4.79 Å². The highest BCUT2D eigenvalue weighted by Gasteiger charge is 2.41. The standard InChI is InChI=1S/C19H29N5O2S/c1-27-18-21-15(20)11-16(22-18)23-8-6-19(7-9-23)5-4-17(25)24(13-19)12-14-3-2-10-26-14/h11,14H,2-10,12-13H2,1H3,(H2,20,21,22). The molecule has 3 aliphatic heterocycles. The number of likely N-dealkylation sites (tertiary alicyclic amines) is 1. The second-order valence-corrected chi connectivity index (χ2v) is 8.81. The minimum absolute atomic E-state index is 0.234. The van der Waals surface area contributed by atoms with E-state index in [4.69, 9.17) is 10.5 Å². The molecule has 0 aromatic carbocycles. The summed E-state index contributed by atoms with van der Waals surface area (Å²) >= 11 is 1.51. The topological polar surface area (TPSA) is 84.6 Å². The van der Waals surface area contributed by atoms with Crippen LogP contribution in [0, 0.1) is 5.41 Å². The van der Waals surface area contributed by atoms with E-state index in [1.165, 1.54) is 11.8 Å². The Hall–Kier alpha value is -1.54. The van der Waals surface area contributed by atoms with Crippen LogP contribution in [0.3, 0.4) is 0 Å². The number of nitrogens with two attached hydrogens (primary N) is 1. The Bertz CT molecular complexity index is 687. The highest BCUT2D eigenvalue weighted by Crippen LogP contribution is 2.41. The number of hydrogen-bond acceptors (Lipinski definition) is 7. The predicted octanol–water partition coefficient (Wildman–Crippen LogP) is 2.17. The molecular formula is C19H29N5O2S. The van der Waals surface area contributed by atoms with Gasteiger partial charge in [0.1, 0.15) is 11.6 Å². The smallest absolute Gasteiger partial charge is 0.222 e. The van der Waals surface area contributed by atoms with Crippen molar-refractivity contribution >= 4 is 29.3 Å². The summed E-state index contributed by atoms with van der Waals surface area (Å²) in [6, 6.07) is 1.87. The van der Waals surface area contributed by atoms with Gasteiger partial charge >= 0.3 is 0 Å². The first-order valence-corrected chi connectivity index (χ1v) is 11.1. The number of carbonyl (C=O) groups excluding carboxylic acids is 1. The Kier molecular flexibility index (Phi) is 5.45. The van der Waals surface area contributed by atoms with Crippen LogP contribution in [0.1, 0.15) is 38.5 Å². The Labute approximate surface area is 165 Å². The van der Waals surface area contributed by atoms with Gasteiger partial charge in [0.15, 0.2) is 5.16 Å². The maximum absolute atomic E-state index is 12.4. The van der Waals surface area contributed by atoms with Crippen LogP contribution in [0.5, 0.6) is 0 Å². The van der Waals surface area contributed by atoms with Crippen LogP contribution in [0.15, 0.2) is 11.2 Å². The summed E-state index contributed by atoms with van der Waals surface area (Å²) in [4.78, 5) is 25.7. The van der Waals surface area contributed by atoms with Crippen LogP contribution in [0.25, 0.3) is 0 Å². The second-order valence-electron chi connectivity index (χ2n) is 8.03. The number of nitrogens with zero attached hydrogens (tertiary/aromatic N) is 4. The molecule has 0 aliphatic carbocycles. The number of hydrogen-bond donors (Lipinski definition) is 1. The van der Waals surface area contributed by atoms with E-state index in [-0.39, 0.29) is 11.5 Å². The van der Waals surface area contributed by atoms with E-state index >= 15 is 0 Å². The van der Waals surface area contributed by atoms with Crippen molar-refractivity contribution in [1.82, 2.24) is 14.9 Å². The lowest BCUT2D eigenvalue weighted by Crippen LogP contribution is -2.53. The number of aromatic nitrogens is 2. The molecular weight excluding hydrogens is 362 g/mol. The molecule has 8 heteroatoms. The van der Waals surface area contributed by atoms with E-state index < -0.39 is 0 Å². The zero-order chi connectivity index (χ0) is 18.9. The van der Waals surface area contributed by atoms with Gasteiger partial charge in [-0.15, -0.1) is 0 Å². The largest absolute Gasteiger partial charge is 0.383 e. The third-order valence-electron chi connectivity index (χ3n) is 6.24. The summed E-state index contributed by atoms with van der Waals surface area (Å²) in [6.07, 6.45) is 8.24. The van der Waals surface area contributed by atoms with Crippen LogP contribution >= 0.6 is 11.8 Å². The summed E-state index contributed by atoms with van der Waals surface area (Å²) in [5.74, 6) is 1.74. The highest BCUT2D eigenvalue weighted by atomic mass is 32.2. The van der Waals surface area contributed by atoms with Crippen molar-refractivity contribution in [3.8, 4) is 0 Å². The molecule has 3 fully saturated rings. The van der Waals surface area contributed by atoms with Crippen molar-refractivity contribution in [1.29, 1.82) is 0 Å². The molecule has 1 aromatic rings. The number of amides is 1. The Morgan fingerprint density at radius 1 is 1.33 bits per heavy atom. The normalized spacial score (nSPS) is 25.4. The van der Waals surface area contributed by atoms with Gasteiger partial charge in [0.2, 0.25) is 5.91 Å². The zero-order valence-corrected chi connectivity index (χ0v) is 16.8. The predicted molar refractivity (Wildman–Crippen MR) is 107 cm³/mol. The Morgan fingerprint density at radius 2 is 2.15 bits per heavy atom. The minimum atomic E-state index is 0.234. The number of nitrogen functional groups attached to an aromatic ring is 1. The van der Waals surface area contributed by atoms with Crippen molar-refractivity contribution in [2.24, 2.45) is 5.41 Å². The average Bonchev–Trinajstić information content (AvgIpc) is 3.18. The van der Waals surface area contributed by atoms with Crippen molar-refractivity contribution in [3.05, 3.63) is 6.07 Å². The zero-order valence-electron chi connectivity index (χ0n) is 16.0. The summed E-state index contributed by atoms with van der Waals surface area (Å²) in [6.45, 7) is 4.39.